The van der Waals surface area contributed by atoms with Gasteiger partial charge >= 0.3 is 0 Å². The predicted molar refractivity (Wildman–Crippen MR) is 118 cm³/mol. The summed E-state index contributed by atoms with van der Waals surface area (Å²) < 4.78 is 5.55. The lowest BCUT2D eigenvalue weighted by Gasteiger charge is -2.25. The van der Waals surface area contributed by atoms with Crippen molar-refractivity contribution in [2.45, 2.75) is 13.0 Å². The van der Waals surface area contributed by atoms with Gasteiger partial charge in [-0.1, -0.05) is 23.7 Å². The fourth-order valence-corrected chi connectivity index (χ4v) is 3.70. The molecule has 1 aliphatic rings. The molecule has 1 aliphatic heterocycles. The fraction of sp³-hybridized carbons (Fsp3) is 0.125. The summed E-state index contributed by atoms with van der Waals surface area (Å²) in [6.45, 7) is 2.32. The molecule has 2 heterocycles. The maximum Gasteiger partial charge on any atom is 0.300 e. The molecule has 1 saturated heterocycles. The minimum absolute atomic E-state index is 0.0344. The summed E-state index contributed by atoms with van der Waals surface area (Å²) in [6.07, 6.45) is 1.58. The number of pyridine rings is 1. The SMILES string of the molecule is CCOc1cccc(N2C(=O)C(=O)/C(=C(/O)c3ccc(Cl)cc3)C2c2ccccn2)c1. The summed E-state index contributed by atoms with van der Waals surface area (Å²) in [4.78, 5) is 31.9. The highest BCUT2D eigenvalue weighted by molar-refractivity contribution is 6.51. The van der Waals surface area contributed by atoms with E-state index >= 15 is 0 Å². The van der Waals surface area contributed by atoms with Gasteiger partial charge in [0.25, 0.3) is 11.7 Å². The van der Waals surface area contributed by atoms with Crippen molar-refractivity contribution in [3.63, 3.8) is 0 Å². The zero-order valence-corrected chi connectivity index (χ0v) is 17.4. The number of benzene rings is 2. The molecule has 6 nitrogen and oxygen atoms in total. The Morgan fingerprint density at radius 3 is 2.55 bits per heavy atom. The lowest BCUT2D eigenvalue weighted by Crippen LogP contribution is -2.29. The first-order valence-corrected chi connectivity index (χ1v) is 10.1. The average molecular weight is 435 g/mol. The highest BCUT2D eigenvalue weighted by atomic mass is 35.5. The molecule has 1 aromatic heterocycles. The van der Waals surface area contributed by atoms with Gasteiger partial charge in [-0.15, -0.1) is 0 Å². The maximum atomic E-state index is 13.1. The van der Waals surface area contributed by atoms with Crippen molar-refractivity contribution in [2.75, 3.05) is 11.5 Å². The first-order chi connectivity index (χ1) is 15.0. The number of rotatable bonds is 5. The van der Waals surface area contributed by atoms with Crippen LogP contribution in [0.4, 0.5) is 5.69 Å². The van der Waals surface area contributed by atoms with Gasteiger partial charge in [-0.2, -0.15) is 0 Å². The Labute approximate surface area is 184 Å². The van der Waals surface area contributed by atoms with E-state index in [9.17, 15) is 14.7 Å². The number of halogens is 1. The minimum Gasteiger partial charge on any atom is -0.507 e. The van der Waals surface area contributed by atoms with Gasteiger partial charge in [-0.05, 0) is 55.5 Å². The van der Waals surface area contributed by atoms with Crippen LogP contribution < -0.4 is 9.64 Å². The zero-order valence-electron chi connectivity index (χ0n) is 16.7. The molecule has 156 valence electrons. The number of anilines is 1. The van der Waals surface area contributed by atoms with E-state index in [0.29, 0.717) is 34.3 Å². The minimum atomic E-state index is -0.895. The molecule has 0 spiro atoms. The lowest BCUT2D eigenvalue weighted by molar-refractivity contribution is -0.132. The van der Waals surface area contributed by atoms with Crippen LogP contribution in [0.15, 0.2) is 78.5 Å². The van der Waals surface area contributed by atoms with Crippen LogP contribution in [0.5, 0.6) is 5.75 Å². The summed E-state index contributed by atoms with van der Waals surface area (Å²) >= 11 is 5.95. The Hall–Kier alpha value is -3.64. The number of ketones is 1. The van der Waals surface area contributed by atoms with Crippen molar-refractivity contribution in [1.82, 2.24) is 4.98 Å². The molecular weight excluding hydrogens is 416 g/mol. The maximum absolute atomic E-state index is 13.1. The number of hydrogen-bond donors (Lipinski definition) is 1. The molecule has 1 unspecified atom stereocenters. The second kappa shape index (κ2) is 8.62. The van der Waals surface area contributed by atoms with Crippen molar-refractivity contribution in [3.8, 4) is 5.75 Å². The smallest absolute Gasteiger partial charge is 0.300 e. The van der Waals surface area contributed by atoms with E-state index < -0.39 is 17.7 Å². The number of Topliss-reactive ketones (excluding diaryl/α,β-unsaturated/α-hetero) is 1. The van der Waals surface area contributed by atoms with Crippen LogP contribution in [0, 0.1) is 0 Å². The average Bonchev–Trinajstić information content (AvgIpc) is 3.05. The number of carbonyl (C=O) groups is 2. The van der Waals surface area contributed by atoms with Gasteiger partial charge in [0.05, 0.1) is 17.9 Å². The standard InChI is InChI=1S/C24H19ClN2O4/c1-2-31-18-7-5-6-17(14-18)27-21(19-8-3-4-13-26-19)20(23(29)24(27)30)22(28)15-9-11-16(25)12-10-15/h3-14,21,28H,2H2,1H3/b22-20+. The van der Waals surface area contributed by atoms with Gasteiger partial charge in [-0.25, -0.2) is 0 Å². The number of carbonyl (C=O) groups excluding carboxylic acids is 2. The van der Waals surface area contributed by atoms with E-state index in [1.54, 1.807) is 72.9 Å². The third-order valence-corrected chi connectivity index (χ3v) is 5.19. The van der Waals surface area contributed by atoms with Crippen LogP contribution in [0.3, 0.4) is 0 Å². The summed E-state index contributed by atoms with van der Waals surface area (Å²) in [6, 6.07) is 17.6. The highest BCUT2D eigenvalue weighted by Gasteiger charge is 2.47. The monoisotopic (exact) mass is 434 g/mol. The first-order valence-electron chi connectivity index (χ1n) is 9.72. The van der Waals surface area contributed by atoms with E-state index in [2.05, 4.69) is 4.98 Å². The zero-order chi connectivity index (χ0) is 22.0. The van der Waals surface area contributed by atoms with E-state index in [4.69, 9.17) is 16.3 Å². The molecule has 0 aliphatic carbocycles. The van der Waals surface area contributed by atoms with Crippen molar-refractivity contribution >= 4 is 34.7 Å². The number of ether oxygens (including phenoxy) is 1. The topological polar surface area (TPSA) is 79.7 Å². The number of aliphatic hydroxyl groups excluding tert-OH is 1. The molecule has 3 aromatic rings. The molecule has 1 N–H and O–H groups in total. The van der Waals surface area contributed by atoms with Crippen molar-refractivity contribution < 1.29 is 19.4 Å². The summed E-state index contributed by atoms with van der Waals surface area (Å²) in [5, 5.41) is 11.5. The van der Waals surface area contributed by atoms with Gasteiger partial charge < -0.3 is 9.84 Å². The number of nitrogens with zero attached hydrogens (tertiary/aromatic N) is 2. The molecule has 0 radical (unpaired) electrons. The lowest BCUT2D eigenvalue weighted by atomic mass is 9.98. The van der Waals surface area contributed by atoms with Crippen LogP contribution in [0.25, 0.3) is 5.76 Å². The van der Waals surface area contributed by atoms with Crippen molar-refractivity contribution in [2.24, 2.45) is 0 Å². The molecule has 4 rings (SSSR count). The van der Waals surface area contributed by atoms with Gasteiger partial charge in [-0.3, -0.25) is 19.5 Å². The van der Waals surface area contributed by atoms with Crippen molar-refractivity contribution in [3.05, 3.63) is 94.8 Å². The molecule has 2 aromatic carbocycles. The molecule has 31 heavy (non-hydrogen) atoms. The summed E-state index contributed by atoms with van der Waals surface area (Å²) in [7, 11) is 0. The number of aromatic nitrogens is 1. The number of aliphatic hydroxyl groups is 1. The van der Waals surface area contributed by atoms with E-state index in [1.165, 1.54) is 4.90 Å². The molecule has 1 fully saturated rings. The van der Waals surface area contributed by atoms with Gasteiger partial charge in [0.1, 0.15) is 17.6 Å². The molecule has 1 atom stereocenters. The van der Waals surface area contributed by atoms with Crippen molar-refractivity contribution in [1.29, 1.82) is 0 Å². The van der Waals surface area contributed by atoms with Gasteiger partial charge in [0.2, 0.25) is 0 Å². The van der Waals surface area contributed by atoms with Gasteiger partial charge in [0.15, 0.2) is 0 Å². The fourth-order valence-electron chi connectivity index (χ4n) is 3.57. The Morgan fingerprint density at radius 2 is 1.87 bits per heavy atom. The van der Waals surface area contributed by atoms with Gasteiger partial charge in [0, 0.05) is 28.5 Å². The molecule has 7 heteroatoms. The Balaban J connectivity index is 1.91. The number of hydrogen-bond acceptors (Lipinski definition) is 5. The highest BCUT2D eigenvalue weighted by Crippen LogP contribution is 2.42. The second-order valence-corrected chi connectivity index (χ2v) is 7.30. The van der Waals surface area contributed by atoms with Crippen LogP contribution in [0.1, 0.15) is 24.2 Å². The Kier molecular flexibility index (Phi) is 5.73. The number of amides is 1. The van der Waals surface area contributed by atoms with Crippen LogP contribution in [-0.4, -0.2) is 28.4 Å². The third kappa shape index (κ3) is 3.90. The molecule has 0 saturated carbocycles. The van der Waals surface area contributed by atoms with E-state index in [1.807, 2.05) is 6.92 Å². The van der Waals surface area contributed by atoms with E-state index in [-0.39, 0.29) is 11.3 Å². The predicted octanol–water partition coefficient (Wildman–Crippen LogP) is 4.76. The Morgan fingerprint density at radius 1 is 1.10 bits per heavy atom. The molecular formula is C24H19ClN2O4. The summed E-state index contributed by atoms with van der Waals surface area (Å²) in [5.41, 5.74) is 1.28. The van der Waals surface area contributed by atoms with Crippen LogP contribution >= 0.6 is 11.6 Å². The third-order valence-electron chi connectivity index (χ3n) is 4.94. The largest absolute Gasteiger partial charge is 0.507 e. The first kappa shape index (κ1) is 20.6. The van der Waals surface area contributed by atoms with Crippen LogP contribution in [-0.2, 0) is 9.59 Å². The molecule has 0 bridgehead atoms. The quantitative estimate of drug-likeness (QED) is 0.356. The molecule has 1 amide bonds. The second-order valence-electron chi connectivity index (χ2n) is 6.86. The van der Waals surface area contributed by atoms with E-state index in [0.717, 1.165) is 0 Å². The Bertz CT molecular complexity index is 1160. The normalized spacial score (nSPS) is 17.7. The summed E-state index contributed by atoms with van der Waals surface area (Å²) in [5.74, 6) is -1.25. The van der Waals surface area contributed by atoms with Crippen LogP contribution in [0.2, 0.25) is 5.02 Å².